The Morgan fingerprint density at radius 1 is 1.20 bits per heavy atom. The molecule has 2 rings (SSSR count). The van der Waals surface area contributed by atoms with Gasteiger partial charge in [0.1, 0.15) is 0 Å². The van der Waals surface area contributed by atoms with Gasteiger partial charge in [-0.2, -0.15) is 0 Å². The number of hydrogen-bond acceptors (Lipinski definition) is 2. The van der Waals surface area contributed by atoms with E-state index in [2.05, 4.69) is 55.3 Å². The van der Waals surface area contributed by atoms with Crippen molar-refractivity contribution >= 4 is 0 Å². The molecule has 0 bridgehead atoms. The number of rotatable bonds is 9. The molecule has 0 amide bonds. The lowest BCUT2D eigenvalue weighted by molar-refractivity contribution is 0.225. The molecule has 0 radical (unpaired) electrons. The summed E-state index contributed by atoms with van der Waals surface area (Å²) < 4.78 is 0. The van der Waals surface area contributed by atoms with E-state index in [0.29, 0.717) is 0 Å². The molecule has 0 aliphatic heterocycles. The number of nitrogens with zero attached hydrogens (tertiary/aromatic N) is 1. The van der Waals surface area contributed by atoms with Crippen LogP contribution in [0.1, 0.15) is 44.7 Å². The third-order valence-corrected chi connectivity index (χ3v) is 3.98. The molecule has 20 heavy (non-hydrogen) atoms. The summed E-state index contributed by atoms with van der Waals surface area (Å²) in [4.78, 5) is 2.69. The largest absolute Gasteiger partial charge is 0.317 e. The molecule has 1 N–H and O–H groups in total. The topological polar surface area (TPSA) is 15.3 Å². The average molecular weight is 274 g/mol. The van der Waals surface area contributed by atoms with Gasteiger partial charge in [-0.1, -0.05) is 45.0 Å². The molecule has 1 aliphatic carbocycles. The van der Waals surface area contributed by atoms with Gasteiger partial charge < -0.3 is 5.32 Å². The second kappa shape index (κ2) is 7.80. The van der Waals surface area contributed by atoms with Crippen LogP contribution in [0, 0.1) is 5.92 Å². The lowest BCUT2D eigenvalue weighted by Gasteiger charge is -2.25. The highest BCUT2D eigenvalue weighted by atomic mass is 15.2. The minimum atomic E-state index is 0.754. The van der Waals surface area contributed by atoms with Crippen LogP contribution in [0.25, 0.3) is 0 Å². The van der Waals surface area contributed by atoms with Gasteiger partial charge in [-0.05, 0) is 49.4 Å². The SMILES string of the molecule is CCNCCc1ccccc1CN(CC(C)C)C1CC1. The maximum absolute atomic E-state index is 3.43. The summed E-state index contributed by atoms with van der Waals surface area (Å²) in [5, 5.41) is 3.43. The molecule has 0 aromatic heterocycles. The Morgan fingerprint density at radius 2 is 1.90 bits per heavy atom. The summed E-state index contributed by atoms with van der Waals surface area (Å²) in [6, 6.07) is 9.82. The van der Waals surface area contributed by atoms with E-state index in [9.17, 15) is 0 Å². The molecule has 0 saturated heterocycles. The van der Waals surface area contributed by atoms with Gasteiger partial charge in [-0.3, -0.25) is 4.90 Å². The van der Waals surface area contributed by atoms with Crippen LogP contribution in [-0.2, 0) is 13.0 Å². The van der Waals surface area contributed by atoms with E-state index < -0.39 is 0 Å². The molecule has 1 aromatic carbocycles. The maximum Gasteiger partial charge on any atom is 0.0239 e. The van der Waals surface area contributed by atoms with Gasteiger partial charge >= 0.3 is 0 Å². The number of likely N-dealkylation sites (N-methyl/N-ethyl adjacent to an activating group) is 1. The standard InChI is InChI=1S/C18H30N2/c1-4-19-12-11-16-7-5-6-8-17(16)14-20(13-15(2)3)18-9-10-18/h5-8,15,18-19H,4,9-14H2,1-3H3. The van der Waals surface area contributed by atoms with Crippen LogP contribution < -0.4 is 5.32 Å². The van der Waals surface area contributed by atoms with E-state index in [1.165, 1.54) is 30.5 Å². The van der Waals surface area contributed by atoms with E-state index in [1.54, 1.807) is 0 Å². The Kier molecular flexibility index (Phi) is 6.06. The van der Waals surface area contributed by atoms with Crippen molar-refractivity contribution in [2.45, 2.75) is 52.6 Å². The zero-order chi connectivity index (χ0) is 14.4. The molecular formula is C18H30N2. The summed E-state index contributed by atoms with van der Waals surface area (Å²) >= 11 is 0. The first kappa shape index (κ1) is 15.5. The second-order valence-electron chi connectivity index (χ2n) is 6.43. The third kappa shape index (κ3) is 4.92. The molecule has 2 heteroatoms. The minimum absolute atomic E-state index is 0.754. The zero-order valence-electron chi connectivity index (χ0n) is 13.4. The van der Waals surface area contributed by atoms with Crippen molar-refractivity contribution in [3.8, 4) is 0 Å². The molecular weight excluding hydrogens is 244 g/mol. The Hall–Kier alpha value is -0.860. The highest BCUT2D eigenvalue weighted by molar-refractivity contribution is 5.27. The summed E-state index contributed by atoms with van der Waals surface area (Å²) in [5.74, 6) is 0.754. The van der Waals surface area contributed by atoms with Crippen molar-refractivity contribution in [1.82, 2.24) is 10.2 Å². The Morgan fingerprint density at radius 3 is 2.50 bits per heavy atom. The van der Waals surface area contributed by atoms with Crippen LogP contribution in [-0.4, -0.2) is 30.6 Å². The van der Waals surface area contributed by atoms with E-state index in [4.69, 9.17) is 0 Å². The van der Waals surface area contributed by atoms with Crippen molar-refractivity contribution in [3.05, 3.63) is 35.4 Å². The zero-order valence-corrected chi connectivity index (χ0v) is 13.4. The van der Waals surface area contributed by atoms with Crippen LogP contribution in [0.4, 0.5) is 0 Å². The summed E-state index contributed by atoms with van der Waals surface area (Å²) in [7, 11) is 0. The van der Waals surface area contributed by atoms with E-state index in [0.717, 1.165) is 38.0 Å². The quantitative estimate of drug-likeness (QED) is 0.694. The highest BCUT2D eigenvalue weighted by Gasteiger charge is 2.29. The minimum Gasteiger partial charge on any atom is -0.317 e. The fraction of sp³-hybridized carbons (Fsp3) is 0.667. The predicted octanol–water partition coefficient (Wildman–Crippen LogP) is 3.46. The number of nitrogens with one attached hydrogen (secondary N) is 1. The summed E-state index contributed by atoms with van der Waals surface area (Å²) in [6.07, 6.45) is 3.93. The number of hydrogen-bond donors (Lipinski definition) is 1. The van der Waals surface area contributed by atoms with Gasteiger partial charge in [-0.25, -0.2) is 0 Å². The molecule has 1 aromatic rings. The lowest BCUT2D eigenvalue weighted by atomic mass is 10.0. The molecule has 0 spiro atoms. The fourth-order valence-corrected chi connectivity index (χ4v) is 2.83. The average Bonchev–Trinajstić information content (AvgIpc) is 3.24. The third-order valence-electron chi connectivity index (χ3n) is 3.98. The smallest absolute Gasteiger partial charge is 0.0239 e. The van der Waals surface area contributed by atoms with Crippen molar-refractivity contribution in [2.75, 3.05) is 19.6 Å². The van der Waals surface area contributed by atoms with Crippen molar-refractivity contribution in [1.29, 1.82) is 0 Å². The molecule has 1 fully saturated rings. The molecule has 112 valence electrons. The number of benzene rings is 1. The summed E-state index contributed by atoms with van der Waals surface area (Å²) in [6.45, 7) is 11.3. The highest BCUT2D eigenvalue weighted by Crippen LogP contribution is 2.29. The molecule has 0 unspecified atom stereocenters. The van der Waals surface area contributed by atoms with Crippen LogP contribution in [0.15, 0.2) is 24.3 Å². The normalized spacial score (nSPS) is 15.2. The first-order valence-corrected chi connectivity index (χ1v) is 8.22. The molecule has 0 heterocycles. The fourth-order valence-electron chi connectivity index (χ4n) is 2.83. The van der Waals surface area contributed by atoms with Gasteiger partial charge in [0.25, 0.3) is 0 Å². The Bertz CT molecular complexity index is 396. The molecule has 1 saturated carbocycles. The molecule has 1 aliphatic rings. The van der Waals surface area contributed by atoms with Gasteiger partial charge in [0, 0.05) is 19.1 Å². The Balaban J connectivity index is 1.99. The predicted molar refractivity (Wildman–Crippen MR) is 87.0 cm³/mol. The van der Waals surface area contributed by atoms with Crippen molar-refractivity contribution < 1.29 is 0 Å². The van der Waals surface area contributed by atoms with Crippen molar-refractivity contribution in [2.24, 2.45) is 5.92 Å². The van der Waals surface area contributed by atoms with Gasteiger partial charge in [-0.15, -0.1) is 0 Å². The van der Waals surface area contributed by atoms with Crippen LogP contribution in [0.3, 0.4) is 0 Å². The van der Waals surface area contributed by atoms with E-state index in [-0.39, 0.29) is 0 Å². The molecule has 2 nitrogen and oxygen atoms in total. The maximum atomic E-state index is 3.43. The van der Waals surface area contributed by atoms with E-state index >= 15 is 0 Å². The van der Waals surface area contributed by atoms with Gasteiger partial charge in [0.05, 0.1) is 0 Å². The Labute approximate surface area is 124 Å². The van der Waals surface area contributed by atoms with E-state index in [1.807, 2.05) is 0 Å². The lowest BCUT2D eigenvalue weighted by Crippen LogP contribution is -2.30. The van der Waals surface area contributed by atoms with Crippen LogP contribution in [0.5, 0.6) is 0 Å². The van der Waals surface area contributed by atoms with Gasteiger partial charge in [0.15, 0.2) is 0 Å². The monoisotopic (exact) mass is 274 g/mol. The first-order valence-electron chi connectivity index (χ1n) is 8.22. The first-order chi connectivity index (χ1) is 9.70. The summed E-state index contributed by atoms with van der Waals surface area (Å²) in [5.41, 5.74) is 3.04. The van der Waals surface area contributed by atoms with Crippen LogP contribution >= 0.6 is 0 Å². The van der Waals surface area contributed by atoms with Gasteiger partial charge in [0.2, 0.25) is 0 Å². The molecule has 0 atom stereocenters. The second-order valence-corrected chi connectivity index (χ2v) is 6.43. The van der Waals surface area contributed by atoms with Crippen LogP contribution in [0.2, 0.25) is 0 Å². The van der Waals surface area contributed by atoms with Crippen molar-refractivity contribution in [3.63, 3.8) is 0 Å².